The average molecular weight is 1770 g/mol. The molecule has 652 valence electrons. The molecular weight excluding hydrogens is 1680 g/mol. The van der Waals surface area contributed by atoms with E-state index in [1.165, 1.54) is 138 Å². The van der Waals surface area contributed by atoms with Crippen LogP contribution < -0.4 is 103 Å². The minimum atomic E-state index is 0.0432. The summed E-state index contributed by atoms with van der Waals surface area (Å²) in [5.41, 5.74) is 40.1. The number of rotatable bonds is 8. The first kappa shape index (κ1) is 82.9. The highest BCUT2D eigenvalue weighted by Gasteiger charge is 2.47. The van der Waals surface area contributed by atoms with E-state index in [-0.39, 0.29) is 26.9 Å². The summed E-state index contributed by atoms with van der Waals surface area (Å²) in [5.74, 6) is 14.3. The molecule has 20 aromatic carbocycles. The lowest BCUT2D eigenvalue weighted by Crippen LogP contribution is -2.57. The lowest BCUT2D eigenvalue weighted by Gasteiger charge is -2.34. The van der Waals surface area contributed by atoms with E-state index in [1.807, 2.05) is 30.3 Å². The molecule has 8 heterocycles. The Morgan fingerprint density at radius 3 is 0.826 bits per heavy atom. The van der Waals surface area contributed by atoms with Gasteiger partial charge < -0.3 is 37.9 Å². The van der Waals surface area contributed by atoms with Crippen LogP contribution in [0.5, 0.6) is 92.0 Å². The first-order valence-electron chi connectivity index (χ1n) is 47.4. The summed E-state index contributed by atoms with van der Waals surface area (Å²) >= 11 is 0. The van der Waals surface area contributed by atoms with E-state index >= 15 is 0 Å². The van der Waals surface area contributed by atoms with Crippen LogP contribution in [0.4, 0.5) is 0 Å². The SMILES string of the molecule is Cc1ccccc1-c1ccc2c(c1)B1c3ccccc3Oc3c(-c4ccccc4)ccc(c31)O2.Cc1ccccc1-c1ccc2c(c1)B1c3ccccc3Oc3c(-c4ccccc4C)ccc(c31)O2.Cc1ccccc1-c1ccc2c(c1)Oc1cccc3c1B2c1cccc(-c2ccccc2C)c1O3.Cc1ccccc1-c1ccc2c3c1Oc1ccccc1B3c1cc(-c3ccccc3)ccc1O2. The third-order valence-electron chi connectivity index (χ3n) is 28.6. The minimum Gasteiger partial charge on any atom is -0.458 e. The topological polar surface area (TPSA) is 73.8 Å². The van der Waals surface area contributed by atoms with Crippen molar-refractivity contribution in [2.75, 3.05) is 0 Å². The van der Waals surface area contributed by atoms with Gasteiger partial charge in [0.2, 0.25) is 0 Å². The lowest BCUT2D eigenvalue weighted by atomic mass is 9.34. The van der Waals surface area contributed by atoms with Crippen molar-refractivity contribution in [2.45, 2.75) is 41.5 Å². The second kappa shape index (κ2) is 34.2. The Bertz CT molecular complexity index is 8350. The fraction of sp³-hybridized carbons (Fsp3) is 0.0476. The largest absolute Gasteiger partial charge is 0.458 e. The molecule has 8 aliphatic rings. The van der Waals surface area contributed by atoms with Crippen LogP contribution in [-0.4, -0.2) is 26.9 Å². The van der Waals surface area contributed by atoms with Crippen molar-refractivity contribution in [1.29, 1.82) is 0 Å². The van der Waals surface area contributed by atoms with E-state index in [9.17, 15) is 0 Å². The van der Waals surface area contributed by atoms with Gasteiger partial charge in [0.1, 0.15) is 92.0 Å². The van der Waals surface area contributed by atoms with Gasteiger partial charge in [0.15, 0.2) is 0 Å². The maximum Gasteiger partial charge on any atom is 0.260 e. The van der Waals surface area contributed by atoms with Gasteiger partial charge in [0.05, 0.1) is 0 Å². The van der Waals surface area contributed by atoms with Crippen LogP contribution in [0.3, 0.4) is 0 Å². The molecule has 0 fully saturated rings. The molecule has 0 radical (unpaired) electrons. The summed E-state index contributed by atoms with van der Waals surface area (Å²) in [6.45, 7) is 13.1. The molecule has 0 unspecified atom stereocenters. The summed E-state index contributed by atoms with van der Waals surface area (Å²) in [4.78, 5) is 0. The first-order valence-corrected chi connectivity index (χ1v) is 47.4. The highest BCUT2D eigenvalue weighted by Crippen LogP contribution is 2.49. The van der Waals surface area contributed by atoms with E-state index in [0.717, 1.165) is 142 Å². The summed E-state index contributed by atoms with van der Waals surface area (Å²) in [7, 11) is 0. The average Bonchev–Trinajstić information content (AvgIpc) is 0.723. The number of aryl methyl sites for hydroxylation is 6. The summed E-state index contributed by atoms with van der Waals surface area (Å²) in [5, 5.41) is 0. The minimum absolute atomic E-state index is 0.0432. The molecule has 28 rings (SSSR count). The quantitative estimate of drug-likeness (QED) is 0.139. The van der Waals surface area contributed by atoms with Gasteiger partial charge in [-0.15, -0.1) is 0 Å². The molecule has 0 atom stereocenters. The maximum absolute atomic E-state index is 6.63. The van der Waals surface area contributed by atoms with Gasteiger partial charge in [-0.2, -0.15) is 0 Å². The zero-order valence-corrected chi connectivity index (χ0v) is 77.0. The molecule has 8 aliphatic heterocycles. The molecule has 0 N–H and O–H groups in total. The maximum atomic E-state index is 6.63. The van der Waals surface area contributed by atoms with Crippen molar-refractivity contribution in [3.63, 3.8) is 0 Å². The van der Waals surface area contributed by atoms with Crippen LogP contribution in [0.25, 0.3) is 89.0 Å². The van der Waals surface area contributed by atoms with Crippen LogP contribution in [0, 0.1) is 41.5 Å². The molecule has 12 heteroatoms. The van der Waals surface area contributed by atoms with E-state index in [1.54, 1.807) is 0 Å². The Kier molecular flexibility index (Phi) is 20.6. The van der Waals surface area contributed by atoms with Crippen LogP contribution in [0.2, 0.25) is 0 Å². The highest BCUT2D eigenvalue weighted by molar-refractivity contribution is 7.00. The Hall–Kier alpha value is -16.9. The molecule has 138 heavy (non-hydrogen) atoms. The third-order valence-corrected chi connectivity index (χ3v) is 28.6. The number of para-hydroxylation sites is 4. The number of hydrogen-bond acceptors (Lipinski definition) is 8. The second-order valence-corrected chi connectivity index (χ2v) is 36.7. The molecule has 0 aliphatic carbocycles. The Balaban J connectivity index is 0.0000000975. The molecule has 0 spiro atoms. The molecule has 8 nitrogen and oxygen atoms in total. The van der Waals surface area contributed by atoms with Crippen LogP contribution >= 0.6 is 0 Å². The van der Waals surface area contributed by atoms with Crippen molar-refractivity contribution in [1.82, 2.24) is 0 Å². The fourth-order valence-electron chi connectivity index (χ4n) is 21.9. The third kappa shape index (κ3) is 14.3. The number of benzene rings is 20. The molecule has 0 saturated carbocycles. The molecular formula is C126H88B4O8. The first-order chi connectivity index (χ1) is 67.9. The van der Waals surface area contributed by atoms with E-state index in [2.05, 4.69) is 436 Å². The Labute approximate surface area is 805 Å². The molecule has 0 bridgehead atoms. The Morgan fingerprint density at radius 2 is 0.391 bits per heavy atom. The molecule has 0 amide bonds. The van der Waals surface area contributed by atoms with Gasteiger partial charge in [-0.25, -0.2) is 0 Å². The molecule has 0 saturated heterocycles. The second-order valence-electron chi connectivity index (χ2n) is 36.7. The number of hydrogen-bond donors (Lipinski definition) is 0. The van der Waals surface area contributed by atoms with Crippen LogP contribution in [0.1, 0.15) is 33.4 Å². The molecule has 20 aromatic rings. The zero-order chi connectivity index (χ0) is 92.3. The summed E-state index contributed by atoms with van der Waals surface area (Å²) < 4.78 is 52.4. The van der Waals surface area contributed by atoms with Crippen molar-refractivity contribution in [2.24, 2.45) is 0 Å². The Morgan fingerprint density at radius 1 is 0.130 bits per heavy atom. The monoisotopic (exact) mass is 1770 g/mol. The van der Waals surface area contributed by atoms with Crippen molar-refractivity contribution >= 4 is 92.4 Å². The fourth-order valence-corrected chi connectivity index (χ4v) is 21.9. The zero-order valence-electron chi connectivity index (χ0n) is 77.0. The normalized spacial score (nSPS) is 12.7. The van der Waals surface area contributed by atoms with E-state index < -0.39 is 0 Å². The predicted octanol–water partition coefficient (Wildman–Crippen LogP) is 24.8. The van der Waals surface area contributed by atoms with Gasteiger partial charge in [-0.05, 0) is 276 Å². The van der Waals surface area contributed by atoms with Gasteiger partial charge in [0, 0.05) is 44.1 Å². The van der Waals surface area contributed by atoms with Crippen molar-refractivity contribution in [3.8, 4) is 181 Å². The van der Waals surface area contributed by atoms with Crippen molar-refractivity contribution in [3.05, 3.63) is 458 Å². The number of fused-ring (bicyclic) bond motifs is 16. The molecule has 0 aromatic heterocycles. The smallest absolute Gasteiger partial charge is 0.260 e. The van der Waals surface area contributed by atoms with Gasteiger partial charge in [0.25, 0.3) is 26.9 Å². The number of ether oxygens (including phenoxy) is 8. The predicted molar refractivity (Wildman–Crippen MR) is 568 cm³/mol. The summed E-state index contributed by atoms with van der Waals surface area (Å²) in [6, 6.07) is 149. The van der Waals surface area contributed by atoms with Gasteiger partial charge in [-0.3, -0.25) is 0 Å². The van der Waals surface area contributed by atoms with Gasteiger partial charge >= 0.3 is 0 Å². The standard InChI is InChI=1S/2C32H23BO2.2C31H21BO2/c1-20-9-3-5-11-23(20)22-17-18-26-30(19-22)34-28-15-8-16-29-31(28)33(26)27-14-7-13-25(32(27)35-29)24-12-6-4-10-21(24)2;1-20-9-3-5-11-23(20)22-15-17-29-27(19-22)33-26-13-7-8-14-28(26)35-32-25(16-18-30(34-29)31(32)33)24-12-6-4-10-21(24)2;1-20-9-5-6-12-23(20)22-15-17-28-26(19-22)32-25-13-7-8-14-27(25)34-31-24(21-10-3-2-4-11-21)16-18-29(33-28)30(31)32;1-20-9-5-6-12-23(20)24-16-18-29-30-31(24)34-27-14-8-7-13-25(27)32(30)26-19-22(15-17-28(26)33-29)21-10-3-2-4-11-21/h2*3-19H,1-2H3;2*2-19H,1H3. The van der Waals surface area contributed by atoms with E-state index in [0.29, 0.717) is 0 Å². The summed E-state index contributed by atoms with van der Waals surface area (Å²) in [6.07, 6.45) is 0. The van der Waals surface area contributed by atoms with Crippen LogP contribution in [-0.2, 0) is 0 Å². The van der Waals surface area contributed by atoms with Gasteiger partial charge in [-0.1, -0.05) is 334 Å². The van der Waals surface area contributed by atoms with E-state index in [4.69, 9.17) is 37.9 Å². The lowest BCUT2D eigenvalue weighted by molar-refractivity contribution is 0.465. The van der Waals surface area contributed by atoms with Crippen LogP contribution in [0.15, 0.2) is 425 Å². The van der Waals surface area contributed by atoms with Crippen molar-refractivity contribution < 1.29 is 37.9 Å². The highest BCUT2D eigenvalue weighted by atomic mass is 16.5.